The second-order valence-electron chi connectivity index (χ2n) is 4.00. The Labute approximate surface area is 88.7 Å². The Bertz CT molecular complexity index is 410. The van der Waals surface area contributed by atoms with Gasteiger partial charge in [0.25, 0.3) is 0 Å². The van der Waals surface area contributed by atoms with Crippen molar-refractivity contribution in [1.29, 1.82) is 0 Å². The molecule has 3 rings (SSSR count). The van der Waals surface area contributed by atoms with Crippen molar-refractivity contribution < 1.29 is 9.47 Å². The number of ether oxygens (including phenoxy) is 2. The van der Waals surface area contributed by atoms with Gasteiger partial charge in [-0.1, -0.05) is 18.2 Å². The lowest BCUT2D eigenvalue weighted by molar-refractivity contribution is 0.284. The summed E-state index contributed by atoms with van der Waals surface area (Å²) in [7, 11) is 0. The van der Waals surface area contributed by atoms with Gasteiger partial charge in [-0.05, 0) is 18.6 Å². The summed E-state index contributed by atoms with van der Waals surface area (Å²) in [6.07, 6.45) is 0.298. The zero-order valence-electron chi connectivity index (χ0n) is 8.64. The summed E-state index contributed by atoms with van der Waals surface area (Å²) >= 11 is 0. The van der Waals surface area contributed by atoms with E-state index in [0.29, 0.717) is 12.7 Å². The molecule has 0 spiro atoms. The van der Waals surface area contributed by atoms with Crippen LogP contribution in [0.3, 0.4) is 0 Å². The zero-order valence-corrected chi connectivity index (χ0v) is 8.64. The molecule has 0 N–H and O–H groups in total. The molecule has 2 heterocycles. The van der Waals surface area contributed by atoms with E-state index in [2.05, 4.69) is 18.0 Å². The van der Waals surface area contributed by atoms with Gasteiger partial charge in [0.2, 0.25) is 5.90 Å². The highest BCUT2D eigenvalue weighted by Gasteiger charge is 2.37. The average Bonchev–Trinajstić information content (AvgIpc) is 2.99. The van der Waals surface area contributed by atoms with Crippen LogP contribution < -0.4 is 0 Å². The highest BCUT2D eigenvalue weighted by Crippen LogP contribution is 2.23. The van der Waals surface area contributed by atoms with Gasteiger partial charge in [-0.15, -0.1) is 0 Å². The Balaban J connectivity index is 1.88. The van der Waals surface area contributed by atoms with E-state index in [1.807, 2.05) is 18.2 Å². The second-order valence-corrected chi connectivity index (χ2v) is 4.00. The van der Waals surface area contributed by atoms with Crippen LogP contribution in [0, 0.1) is 6.92 Å². The lowest BCUT2D eigenvalue weighted by atomic mass is 10.1. The van der Waals surface area contributed by atoms with E-state index in [1.165, 1.54) is 5.56 Å². The third-order valence-corrected chi connectivity index (χ3v) is 2.84. The first-order chi connectivity index (χ1) is 7.34. The standard InChI is InChI=1S/C12H13NO2/c1-8-4-2-3-5-9(8)12-13-10(6-15-12)11-7-14-11/h2-5,10-11H,6-7H2,1H3/t10-,11?/m0/s1. The number of aryl methyl sites for hydroxylation is 1. The van der Waals surface area contributed by atoms with E-state index >= 15 is 0 Å². The SMILES string of the molecule is Cc1ccccc1C1=N[C@H](C2CO2)CO1. The Morgan fingerprint density at radius 3 is 2.80 bits per heavy atom. The Morgan fingerprint density at radius 2 is 2.07 bits per heavy atom. The van der Waals surface area contributed by atoms with Crippen molar-refractivity contribution in [3.8, 4) is 0 Å². The van der Waals surface area contributed by atoms with Gasteiger partial charge in [0, 0.05) is 5.56 Å². The van der Waals surface area contributed by atoms with Gasteiger partial charge in [0.1, 0.15) is 18.8 Å². The van der Waals surface area contributed by atoms with Crippen LogP contribution in [0.25, 0.3) is 0 Å². The predicted molar refractivity (Wildman–Crippen MR) is 57.2 cm³/mol. The van der Waals surface area contributed by atoms with Gasteiger partial charge in [-0.25, -0.2) is 4.99 Å². The molecule has 78 valence electrons. The molecule has 0 aliphatic carbocycles. The molecule has 3 heteroatoms. The van der Waals surface area contributed by atoms with Gasteiger partial charge >= 0.3 is 0 Å². The Kier molecular flexibility index (Phi) is 1.99. The molecule has 1 fully saturated rings. The van der Waals surface area contributed by atoms with Crippen LogP contribution in [-0.2, 0) is 9.47 Å². The topological polar surface area (TPSA) is 34.1 Å². The molecule has 2 aliphatic heterocycles. The van der Waals surface area contributed by atoms with E-state index in [-0.39, 0.29) is 6.04 Å². The lowest BCUT2D eigenvalue weighted by Crippen LogP contribution is -2.13. The zero-order chi connectivity index (χ0) is 10.3. The molecule has 15 heavy (non-hydrogen) atoms. The van der Waals surface area contributed by atoms with Crippen LogP contribution >= 0.6 is 0 Å². The van der Waals surface area contributed by atoms with E-state index in [4.69, 9.17) is 9.47 Å². The molecular formula is C12H13NO2. The first-order valence-electron chi connectivity index (χ1n) is 5.23. The minimum atomic E-state index is 0.208. The van der Waals surface area contributed by atoms with Crippen molar-refractivity contribution in [2.75, 3.05) is 13.2 Å². The maximum absolute atomic E-state index is 5.60. The van der Waals surface area contributed by atoms with E-state index in [0.717, 1.165) is 18.1 Å². The smallest absolute Gasteiger partial charge is 0.216 e. The van der Waals surface area contributed by atoms with Gasteiger partial charge in [-0.2, -0.15) is 0 Å². The molecule has 0 amide bonds. The number of rotatable bonds is 2. The maximum Gasteiger partial charge on any atom is 0.216 e. The van der Waals surface area contributed by atoms with Crippen molar-refractivity contribution in [2.24, 2.45) is 4.99 Å². The van der Waals surface area contributed by atoms with Crippen LogP contribution in [0.5, 0.6) is 0 Å². The van der Waals surface area contributed by atoms with Crippen LogP contribution in [0.1, 0.15) is 11.1 Å². The van der Waals surface area contributed by atoms with E-state index < -0.39 is 0 Å². The molecule has 0 bridgehead atoms. The first-order valence-corrected chi connectivity index (χ1v) is 5.23. The highest BCUT2D eigenvalue weighted by molar-refractivity contribution is 5.96. The summed E-state index contributed by atoms with van der Waals surface area (Å²) < 4.78 is 10.8. The van der Waals surface area contributed by atoms with Crippen LogP contribution in [0.2, 0.25) is 0 Å². The largest absolute Gasteiger partial charge is 0.475 e. The number of epoxide rings is 1. The number of benzene rings is 1. The van der Waals surface area contributed by atoms with Gasteiger partial charge in [0.15, 0.2) is 0 Å². The highest BCUT2D eigenvalue weighted by atomic mass is 16.6. The van der Waals surface area contributed by atoms with Crippen molar-refractivity contribution in [2.45, 2.75) is 19.1 Å². The number of aliphatic imine (C=N–C) groups is 1. The summed E-state index contributed by atoms with van der Waals surface area (Å²) in [5.74, 6) is 0.772. The molecule has 3 nitrogen and oxygen atoms in total. The van der Waals surface area contributed by atoms with Crippen LogP contribution in [0.4, 0.5) is 0 Å². The Hall–Kier alpha value is -1.35. The third kappa shape index (κ3) is 1.63. The quantitative estimate of drug-likeness (QED) is 0.683. The monoisotopic (exact) mass is 203 g/mol. The number of nitrogens with zero attached hydrogens (tertiary/aromatic N) is 1. The molecule has 1 aromatic carbocycles. The molecule has 0 aromatic heterocycles. The average molecular weight is 203 g/mol. The van der Waals surface area contributed by atoms with Crippen LogP contribution in [0.15, 0.2) is 29.3 Å². The molecule has 2 aliphatic rings. The molecule has 1 unspecified atom stereocenters. The number of hydrogen-bond acceptors (Lipinski definition) is 3. The minimum absolute atomic E-state index is 0.208. The van der Waals surface area contributed by atoms with Gasteiger partial charge in [0.05, 0.1) is 6.61 Å². The van der Waals surface area contributed by atoms with E-state index in [9.17, 15) is 0 Å². The minimum Gasteiger partial charge on any atom is -0.475 e. The third-order valence-electron chi connectivity index (χ3n) is 2.84. The summed E-state index contributed by atoms with van der Waals surface area (Å²) in [4.78, 5) is 4.55. The molecule has 0 saturated carbocycles. The van der Waals surface area contributed by atoms with Crippen molar-refractivity contribution in [3.05, 3.63) is 35.4 Å². The fourth-order valence-electron chi connectivity index (χ4n) is 1.82. The lowest BCUT2D eigenvalue weighted by Gasteiger charge is -2.03. The summed E-state index contributed by atoms with van der Waals surface area (Å²) in [5, 5.41) is 0. The first kappa shape index (κ1) is 8.92. The molecular weight excluding hydrogens is 190 g/mol. The molecule has 2 atom stereocenters. The van der Waals surface area contributed by atoms with Crippen LogP contribution in [-0.4, -0.2) is 31.3 Å². The molecule has 1 aromatic rings. The van der Waals surface area contributed by atoms with Crippen molar-refractivity contribution in [3.63, 3.8) is 0 Å². The van der Waals surface area contributed by atoms with Gasteiger partial charge < -0.3 is 9.47 Å². The molecule has 0 radical (unpaired) electrons. The fraction of sp³-hybridized carbons (Fsp3) is 0.417. The fourth-order valence-corrected chi connectivity index (χ4v) is 1.82. The Morgan fingerprint density at radius 1 is 1.27 bits per heavy atom. The number of hydrogen-bond donors (Lipinski definition) is 0. The van der Waals surface area contributed by atoms with Crippen molar-refractivity contribution in [1.82, 2.24) is 0 Å². The summed E-state index contributed by atoms with van der Waals surface area (Å²) in [5.41, 5.74) is 2.30. The summed E-state index contributed by atoms with van der Waals surface area (Å²) in [6.45, 7) is 3.56. The second kappa shape index (κ2) is 3.35. The normalized spacial score (nSPS) is 28.5. The van der Waals surface area contributed by atoms with Gasteiger partial charge in [-0.3, -0.25) is 0 Å². The van der Waals surface area contributed by atoms with Crippen molar-refractivity contribution >= 4 is 5.90 Å². The maximum atomic E-state index is 5.60. The summed E-state index contributed by atoms with van der Waals surface area (Å²) in [6, 6.07) is 8.36. The molecule has 1 saturated heterocycles. The predicted octanol–water partition coefficient (Wildman–Crippen LogP) is 1.54. The van der Waals surface area contributed by atoms with E-state index in [1.54, 1.807) is 0 Å².